The number of amides is 1. The molecule has 0 saturated carbocycles. The largest absolute Gasteiger partial charge is 0.495 e. The molecule has 0 radical (unpaired) electrons. The number of rotatable bonds is 7. The minimum absolute atomic E-state index is 0.0496. The fraction of sp³-hybridized carbons (Fsp3) is 0.0714. The van der Waals surface area contributed by atoms with E-state index < -0.39 is 5.91 Å². The molecule has 0 bridgehead atoms. The molecule has 0 fully saturated rings. The number of halogens is 1. The van der Waals surface area contributed by atoms with Crippen molar-refractivity contribution in [2.45, 2.75) is 6.61 Å². The van der Waals surface area contributed by atoms with Crippen molar-refractivity contribution < 1.29 is 14.3 Å². The van der Waals surface area contributed by atoms with Crippen molar-refractivity contribution in [2.75, 3.05) is 12.4 Å². The number of hydrogen-bond donors (Lipinski definition) is 1. The summed E-state index contributed by atoms with van der Waals surface area (Å²) in [5.74, 6) is 0.582. The Balaban J connectivity index is 1.45. The van der Waals surface area contributed by atoms with Crippen LogP contribution in [0.2, 0.25) is 5.02 Å². The van der Waals surface area contributed by atoms with Crippen molar-refractivity contribution >= 4 is 40.0 Å². The van der Waals surface area contributed by atoms with E-state index in [0.29, 0.717) is 34.4 Å². The zero-order valence-electron chi connectivity index (χ0n) is 18.4. The van der Waals surface area contributed by atoms with Gasteiger partial charge in [-0.05, 0) is 58.3 Å². The quantitative estimate of drug-likeness (QED) is 0.244. The van der Waals surface area contributed by atoms with E-state index >= 15 is 0 Å². The molecule has 0 spiro atoms. The molecule has 0 unspecified atom stereocenters. The first-order valence-corrected chi connectivity index (χ1v) is 10.9. The summed E-state index contributed by atoms with van der Waals surface area (Å²) in [6.07, 6.45) is 1.51. The van der Waals surface area contributed by atoms with Gasteiger partial charge in [-0.25, -0.2) is 0 Å². The van der Waals surface area contributed by atoms with E-state index in [4.69, 9.17) is 21.1 Å². The van der Waals surface area contributed by atoms with E-state index in [2.05, 4.69) is 23.5 Å². The standard InChI is InChI=1S/C28H21ClN2O3/c1-33-27-14-11-23(29)16-26(27)31-28(32)22(17-30)15-19-9-12-24(13-10-19)34-18-21-7-4-6-20-5-2-3-8-25(20)21/h2-16H,18H2,1H3,(H,31,32)/b22-15+. The Morgan fingerprint density at radius 2 is 1.79 bits per heavy atom. The summed E-state index contributed by atoms with van der Waals surface area (Å²) < 4.78 is 11.2. The van der Waals surface area contributed by atoms with Crippen molar-refractivity contribution in [1.29, 1.82) is 5.26 Å². The van der Waals surface area contributed by atoms with Crippen LogP contribution >= 0.6 is 11.6 Å². The van der Waals surface area contributed by atoms with Gasteiger partial charge in [0.15, 0.2) is 0 Å². The first-order chi connectivity index (χ1) is 16.6. The van der Waals surface area contributed by atoms with Gasteiger partial charge in [0.2, 0.25) is 0 Å². The molecule has 4 aromatic carbocycles. The van der Waals surface area contributed by atoms with Crippen LogP contribution in [0.25, 0.3) is 16.8 Å². The van der Waals surface area contributed by atoms with Crippen LogP contribution in [0.1, 0.15) is 11.1 Å². The number of carbonyl (C=O) groups is 1. The fourth-order valence-corrected chi connectivity index (χ4v) is 3.69. The highest BCUT2D eigenvalue weighted by Gasteiger charge is 2.13. The summed E-state index contributed by atoms with van der Waals surface area (Å²) in [5.41, 5.74) is 2.13. The number of nitrogens with one attached hydrogen (secondary N) is 1. The lowest BCUT2D eigenvalue weighted by molar-refractivity contribution is -0.112. The van der Waals surface area contributed by atoms with Crippen LogP contribution in [0.4, 0.5) is 5.69 Å². The summed E-state index contributed by atoms with van der Waals surface area (Å²) in [7, 11) is 1.49. The lowest BCUT2D eigenvalue weighted by atomic mass is 10.1. The lowest BCUT2D eigenvalue weighted by Gasteiger charge is -2.10. The highest BCUT2D eigenvalue weighted by Crippen LogP contribution is 2.28. The van der Waals surface area contributed by atoms with Crippen molar-refractivity contribution in [1.82, 2.24) is 0 Å². The maximum Gasteiger partial charge on any atom is 0.266 e. The van der Waals surface area contributed by atoms with E-state index in [1.165, 1.54) is 18.6 Å². The van der Waals surface area contributed by atoms with Crippen LogP contribution in [0, 0.1) is 11.3 Å². The smallest absolute Gasteiger partial charge is 0.266 e. The van der Waals surface area contributed by atoms with Gasteiger partial charge in [0.25, 0.3) is 5.91 Å². The SMILES string of the molecule is COc1ccc(Cl)cc1NC(=O)/C(C#N)=C/c1ccc(OCc2cccc3ccccc23)cc1. The average molecular weight is 469 g/mol. The molecule has 0 aliphatic rings. The Morgan fingerprint density at radius 1 is 1.03 bits per heavy atom. The Hall–Kier alpha value is -4.27. The van der Waals surface area contributed by atoms with E-state index in [9.17, 15) is 10.1 Å². The van der Waals surface area contributed by atoms with Crippen LogP contribution < -0.4 is 14.8 Å². The van der Waals surface area contributed by atoms with Crippen molar-refractivity contribution in [3.8, 4) is 17.6 Å². The highest BCUT2D eigenvalue weighted by molar-refractivity contribution is 6.31. The predicted octanol–water partition coefficient (Wildman–Crippen LogP) is 6.63. The van der Waals surface area contributed by atoms with Gasteiger partial charge in [-0.15, -0.1) is 0 Å². The summed E-state index contributed by atoms with van der Waals surface area (Å²) in [6.45, 7) is 0.434. The first kappa shape index (κ1) is 22.9. The molecule has 4 aromatic rings. The highest BCUT2D eigenvalue weighted by atomic mass is 35.5. The molecule has 0 aliphatic carbocycles. The number of nitrogens with zero attached hydrogens (tertiary/aromatic N) is 1. The first-order valence-electron chi connectivity index (χ1n) is 10.5. The van der Waals surface area contributed by atoms with E-state index in [0.717, 1.165) is 10.9 Å². The topological polar surface area (TPSA) is 71.3 Å². The zero-order valence-corrected chi connectivity index (χ0v) is 19.2. The number of ether oxygens (including phenoxy) is 2. The number of carbonyl (C=O) groups excluding carboxylic acids is 1. The second-order valence-electron chi connectivity index (χ2n) is 7.46. The minimum Gasteiger partial charge on any atom is -0.495 e. The van der Waals surface area contributed by atoms with Crippen LogP contribution in [0.3, 0.4) is 0 Å². The minimum atomic E-state index is -0.556. The monoisotopic (exact) mass is 468 g/mol. The molecular weight excluding hydrogens is 448 g/mol. The Labute approximate surface area is 202 Å². The van der Waals surface area contributed by atoms with Gasteiger partial charge in [0.05, 0.1) is 12.8 Å². The van der Waals surface area contributed by atoms with Gasteiger partial charge >= 0.3 is 0 Å². The average Bonchev–Trinajstić information content (AvgIpc) is 2.86. The molecule has 0 aliphatic heterocycles. The zero-order chi connectivity index (χ0) is 23.9. The van der Waals surface area contributed by atoms with E-state index in [-0.39, 0.29) is 5.57 Å². The molecule has 5 nitrogen and oxygen atoms in total. The van der Waals surface area contributed by atoms with Crippen LogP contribution in [-0.2, 0) is 11.4 Å². The summed E-state index contributed by atoms with van der Waals surface area (Å²) >= 11 is 6.01. The molecule has 1 amide bonds. The van der Waals surface area contributed by atoms with E-state index in [1.54, 1.807) is 30.3 Å². The number of nitriles is 1. The third kappa shape index (κ3) is 5.37. The normalized spacial score (nSPS) is 11.0. The number of fused-ring (bicyclic) bond motifs is 1. The third-order valence-corrected chi connectivity index (χ3v) is 5.48. The molecule has 1 N–H and O–H groups in total. The summed E-state index contributed by atoms with van der Waals surface area (Å²) in [5, 5.41) is 14.9. The van der Waals surface area contributed by atoms with Gasteiger partial charge in [-0.1, -0.05) is 66.2 Å². The van der Waals surface area contributed by atoms with Crippen molar-refractivity contribution in [2.24, 2.45) is 0 Å². The molecule has 0 saturated heterocycles. The van der Waals surface area contributed by atoms with Crippen LogP contribution in [0.15, 0.2) is 90.5 Å². The molecule has 168 valence electrons. The van der Waals surface area contributed by atoms with Crippen LogP contribution in [-0.4, -0.2) is 13.0 Å². The number of anilines is 1. The van der Waals surface area contributed by atoms with Gasteiger partial charge in [-0.2, -0.15) is 5.26 Å². The fourth-order valence-electron chi connectivity index (χ4n) is 3.52. The lowest BCUT2D eigenvalue weighted by Crippen LogP contribution is -2.14. The van der Waals surface area contributed by atoms with Crippen molar-refractivity contribution in [3.63, 3.8) is 0 Å². The number of benzene rings is 4. The summed E-state index contributed by atoms with van der Waals surface area (Å²) in [4.78, 5) is 12.6. The Kier molecular flexibility index (Phi) is 7.12. The molecule has 34 heavy (non-hydrogen) atoms. The van der Waals surface area contributed by atoms with Crippen LogP contribution in [0.5, 0.6) is 11.5 Å². The van der Waals surface area contributed by atoms with Gasteiger partial charge in [-0.3, -0.25) is 4.79 Å². The predicted molar refractivity (Wildman–Crippen MR) is 135 cm³/mol. The molecule has 4 rings (SSSR count). The third-order valence-electron chi connectivity index (χ3n) is 5.24. The number of methoxy groups -OCH3 is 1. The maximum absolute atomic E-state index is 12.6. The second kappa shape index (κ2) is 10.6. The Morgan fingerprint density at radius 3 is 2.56 bits per heavy atom. The summed E-state index contributed by atoms with van der Waals surface area (Å²) in [6, 6.07) is 28.3. The van der Waals surface area contributed by atoms with Crippen molar-refractivity contribution in [3.05, 3.63) is 107 Å². The molecule has 0 aromatic heterocycles. The molecule has 0 heterocycles. The molecular formula is C28H21ClN2O3. The van der Waals surface area contributed by atoms with Gasteiger partial charge in [0, 0.05) is 5.02 Å². The second-order valence-corrected chi connectivity index (χ2v) is 7.90. The molecule has 0 atom stereocenters. The number of hydrogen-bond acceptors (Lipinski definition) is 4. The molecule has 6 heteroatoms. The Bertz CT molecular complexity index is 1400. The maximum atomic E-state index is 12.6. The van der Waals surface area contributed by atoms with Gasteiger partial charge < -0.3 is 14.8 Å². The van der Waals surface area contributed by atoms with Gasteiger partial charge in [0.1, 0.15) is 29.7 Å². The van der Waals surface area contributed by atoms with E-state index in [1.807, 2.05) is 42.5 Å².